The standard InChI is InChI=1S/C20H32N4O2/c1-4-26-18-11-14-24(15-12-18)20(21-2)22-13-10-19(25)23(3)16-17-8-6-5-7-9-17/h5-9,18H,4,10-16H2,1-3H3,(H,21,22). The molecule has 0 unspecified atom stereocenters. The summed E-state index contributed by atoms with van der Waals surface area (Å²) in [4.78, 5) is 20.7. The maximum Gasteiger partial charge on any atom is 0.224 e. The van der Waals surface area contributed by atoms with E-state index in [0.717, 1.165) is 44.1 Å². The number of rotatable bonds is 7. The van der Waals surface area contributed by atoms with Crippen LogP contribution in [0, 0.1) is 0 Å². The molecule has 0 radical (unpaired) electrons. The van der Waals surface area contributed by atoms with Crippen LogP contribution in [-0.4, -0.2) is 68.1 Å². The summed E-state index contributed by atoms with van der Waals surface area (Å²) in [6.45, 7) is 5.92. The molecular weight excluding hydrogens is 328 g/mol. The van der Waals surface area contributed by atoms with Gasteiger partial charge in [-0.2, -0.15) is 0 Å². The highest BCUT2D eigenvalue weighted by molar-refractivity contribution is 5.81. The number of carbonyl (C=O) groups excluding carboxylic acids is 1. The molecule has 1 amide bonds. The van der Waals surface area contributed by atoms with Gasteiger partial charge in [-0.1, -0.05) is 30.3 Å². The van der Waals surface area contributed by atoms with Crippen molar-refractivity contribution < 1.29 is 9.53 Å². The minimum absolute atomic E-state index is 0.131. The van der Waals surface area contributed by atoms with Crippen molar-refractivity contribution in [3.8, 4) is 0 Å². The topological polar surface area (TPSA) is 57.2 Å². The third kappa shape index (κ3) is 6.33. The molecule has 0 aliphatic carbocycles. The molecule has 0 saturated carbocycles. The summed E-state index contributed by atoms with van der Waals surface area (Å²) in [7, 11) is 3.64. The molecule has 26 heavy (non-hydrogen) atoms. The van der Waals surface area contributed by atoms with E-state index in [4.69, 9.17) is 4.74 Å². The van der Waals surface area contributed by atoms with Gasteiger partial charge in [0.25, 0.3) is 0 Å². The number of benzene rings is 1. The molecule has 1 aliphatic rings. The normalized spacial score (nSPS) is 15.8. The van der Waals surface area contributed by atoms with Crippen molar-refractivity contribution in [2.75, 3.05) is 40.3 Å². The lowest BCUT2D eigenvalue weighted by molar-refractivity contribution is -0.130. The summed E-state index contributed by atoms with van der Waals surface area (Å²) in [5.74, 6) is 1.00. The Morgan fingerprint density at radius 1 is 1.31 bits per heavy atom. The summed E-state index contributed by atoms with van der Waals surface area (Å²) in [6.07, 6.45) is 2.86. The predicted octanol–water partition coefficient (Wildman–Crippen LogP) is 2.11. The van der Waals surface area contributed by atoms with Crippen LogP contribution in [0.3, 0.4) is 0 Å². The average Bonchev–Trinajstić information content (AvgIpc) is 2.67. The van der Waals surface area contributed by atoms with Gasteiger partial charge in [-0.05, 0) is 25.3 Å². The molecule has 6 heteroatoms. The SMILES string of the molecule is CCOC1CCN(C(=NC)NCCC(=O)N(C)Cc2ccccc2)CC1. The summed E-state index contributed by atoms with van der Waals surface area (Å²) in [6, 6.07) is 10.0. The number of aliphatic imine (C=N–C) groups is 1. The average molecular weight is 361 g/mol. The lowest BCUT2D eigenvalue weighted by Gasteiger charge is -2.34. The number of hydrogen-bond acceptors (Lipinski definition) is 3. The summed E-state index contributed by atoms with van der Waals surface area (Å²) < 4.78 is 5.70. The van der Waals surface area contributed by atoms with Crippen LogP contribution in [0.1, 0.15) is 31.7 Å². The number of hydrogen-bond donors (Lipinski definition) is 1. The van der Waals surface area contributed by atoms with E-state index in [0.29, 0.717) is 25.6 Å². The second-order valence-electron chi connectivity index (χ2n) is 6.60. The highest BCUT2D eigenvalue weighted by Crippen LogP contribution is 2.13. The molecule has 0 atom stereocenters. The van der Waals surface area contributed by atoms with Gasteiger partial charge in [0.05, 0.1) is 6.10 Å². The second kappa shape index (κ2) is 10.8. The van der Waals surface area contributed by atoms with Crippen LogP contribution in [0.5, 0.6) is 0 Å². The molecule has 1 N–H and O–H groups in total. The fourth-order valence-corrected chi connectivity index (χ4v) is 3.22. The molecule has 144 valence electrons. The Morgan fingerprint density at radius 2 is 2.00 bits per heavy atom. The van der Waals surface area contributed by atoms with Gasteiger partial charge < -0.3 is 19.9 Å². The number of amides is 1. The van der Waals surface area contributed by atoms with Crippen LogP contribution in [0.4, 0.5) is 0 Å². The largest absolute Gasteiger partial charge is 0.378 e. The Kier molecular flexibility index (Phi) is 8.41. The van der Waals surface area contributed by atoms with Gasteiger partial charge in [-0.3, -0.25) is 9.79 Å². The molecule has 1 aromatic rings. The van der Waals surface area contributed by atoms with E-state index in [9.17, 15) is 4.79 Å². The number of nitrogens with zero attached hydrogens (tertiary/aromatic N) is 3. The van der Waals surface area contributed by atoms with E-state index < -0.39 is 0 Å². The maximum atomic E-state index is 12.3. The van der Waals surface area contributed by atoms with Gasteiger partial charge in [0, 0.05) is 53.3 Å². The monoisotopic (exact) mass is 360 g/mol. The molecule has 2 rings (SSSR count). The number of piperidine rings is 1. The van der Waals surface area contributed by atoms with Crippen molar-refractivity contribution in [1.29, 1.82) is 0 Å². The Labute approximate surface area is 157 Å². The fraction of sp³-hybridized carbons (Fsp3) is 0.600. The molecule has 6 nitrogen and oxygen atoms in total. The highest BCUT2D eigenvalue weighted by Gasteiger charge is 2.21. The molecule has 1 saturated heterocycles. The smallest absolute Gasteiger partial charge is 0.224 e. The third-order valence-electron chi connectivity index (χ3n) is 4.67. The first-order valence-electron chi connectivity index (χ1n) is 9.49. The molecule has 1 heterocycles. The minimum Gasteiger partial charge on any atom is -0.378 e. The number of guanidine groups is 1. The number of ether oxygens (including phenoxy) is 1. The summed E-state index contributed by atoms with van der Waals surface area (Å²) >= 11 is 0. The fourth-order valence-electron chi connectivity index (χ4n) is 3.22. The van der Waals surface area contributed by atoms with Crippen molar-refractivity contribution in [3.05, 3.63) is 35.9 Å². The number of nitrogens with one attached hydrogen (secondary N) is 1. The molecular formula is C20H32N4O2. The van der Waals surface area contributed by atoms with Crippen LogP contribution in [0.25, 0.3) is 0 Å². The van der Waals surface area contributed by atoms with Gasteiger partial charge in [-0.15, -0.1) is 0 Å². The van der Waals surface area contributed by atoms with Crippen LogP contribution in [0.2, 0.25) is 0 Å². The van der Waals surface area contributed by atoms with E-state index in [2.05, 4.69) is 15.2 Å². The Hall–Kier alpha value is -2.08. The van der Waals surface area contributed by atoms with Crippen LogP contribution >= 0.6 is 0 Å². The van der Waals surface area contributed by atoms with E-state index in [1.165, 1.54) is 0 Å². The zero-order valence-electron chi connectivity index (χ0n) is 16.3. The Bertz CT molecular complexity index is 568. The van der Waals surface area contributed by atoms with Crippen molar-refractivity contribution >= 4 is 11.9 Å². The highest BCUT2D eigenvalue weighted by atomic mass is 16.5. The van der Waals surface area contributed by atoms with Gasteiger partial charge >= 0.3 is 0 Å². The van der Waals surface area contributed by atoms with E-state index in [-0.39, 0.29) is 5.91 Å². The molecule has 0 bridgehead atoms. The molecule has 1 aromatic carbocycles. The number of carbonyl (C=O) groups is 1. The predicted molar refractivity (Wildman–Crippen MR) is 105 cm³/mol. The molecule has 1 aliphatic heterocycles. The zero-order chi connectivity index (χ0) is 18.8. The molecule has 1 fully saturated rings. The van der Waals surface area contributed by atoms with Gasteiger partial charge in [0.1, 0.15) is 0 Å². The first kappa shape index (κ1) is 20.2. The Balaban J connectivity index is 1.71. The van der Waals surface area contributed by atoms with Crippen molar-refractivity contribution in [2.45, 2.75) is 38.8 Å². The van der Waals surface area contributed by atoms with Crippen LogP contribution in [0.15, 0.2) is 35.3 Å². The second-order valence-corrected chi connectivity index (χ2v) is 6.60. The van der Waals surface area contributed by atoms with Crippen molar-refractivity contribution in [1.82, 2.24) is 15.1 Å². The zero-order valence-corrected chi connectivity index (χ0v) is 16.3. The van der Waals surface area contributed by atoms with Gasteiger partial charge in [0.15, 0.2) is 5.96 Å². The maximum absolute atomic E-state index is 12.3. The van der Waals surface area contributed by atoms with Crippen molar-refractivity contribution in [3.63, 3.8) is 0 Å². The van der Waals surface area contributed by atoms with E-state index in [1.54, 1.807) is 11.9 Å². The molecule has 0 aromatic heterocycles. The minimum atomic E-state index is 0.131. The van der Waals surface area contributed by atoms with Crippen LogP contribution < -0.4 is 5.32 Å². The van der Waals surface area contributed by atoms with E-state index >= 15 is 0 Å². The first-order valence-corrected chi connectivity index (χ1v) is 9.49. The van der Waals surface area contributed by atoms with E-state index in [1.807, 2.05) is 44.3 Å². The third-order valence-corrected chi connectivity index (χ3v) is 4.67. The lowest BCUT2D eigenvalue weighted by atomic mass is 10.1. The lowest BCUT2D eigenvalue weighted by Crippen LogP contribution is -2.47. The van der Waals surface area contributed by atoms with Gasteiger partial charge in [0.2, 0.25) is 5.91 Å². The Morgan fingerprint density at radius 3 is 2.62 bits per heavy atom. The van der Waals surface area contributed by atoms with Gasteiger partial charge in [-0.25, -0.2) is 0 Å². The van der Waals surface area contributed by atoms with Crippen LogP contribution in [-0.2, 0) is 16.1 Å². The number of likely N-dealkylation sites (tertiary alicyclic amines) is 1. The molecule has 0 spiro atoms. The summed E-state index contributed by atoms with van der Waals surface area (Å²) in [5, 5.41) is 3.32. The summed E-state index contributed by atoms with van der Waals surface area (Å²) in [5.41, 5.74) is 1.14. The van der Waals surface area contributed by atoms with Crippen molar-refractivity contribution in [2.24, 2.45) is 4.99 Å². The first-order chi connectivity index (χ1) is 12.6. The quantitative estimate of drug-likeness (QED) is 0.598.